The van der Waals surface area contributed by atoms with Gasteiger partial charge in [-0.2, -0.15) is 0 Å². The summed E-state index contributed by atoms with van der Waals surface area (Å²) in [4.78, 5) is 17.5. The standard InChI is InChI=1S/C8H16N2O3/c1-12-7-4-3-5-10(6-7)8(11)9-13-2/h7H,3-6H2,1-2H3,(H,9,11). The highest BCUT2D eigenvalue weighted by Gasteiger charge is 2.22. The molecule has 0 spiro atoms. The normalized spacial score (nSPS) is 22.9. The summed E-state index contributed by atoms with van der Waals surface area (Å²) >= 11 is 0. The van der Waals surface area contributed by atoms with Gasteiger partial charge in [0.15, 0.2) is 0 Å². The lowest BCUT2D eigenvalue weighted by atomic mass is 10.1. The molecule has 1 aliphatic heterocycles. The zero-order valence-corrected chi connectivity index (χ0v) is 8.08. The average molecular weight is 188 g/mol. The van der Waals surface area contributed by atoms with Crippen molar-refractivity contribution >= 4 is 6.03 Å². The van der Waals surface area contributed by atoms with Gasteiger partial charge in [0.2, 0.25) is 0 Å². The minimum Gasteiger partial charge on any atom is -0.380 e. The smallest absolute Gasteiger partial charge is 0.341 e. The Morgan fingerprint density at radius 2 is 2.31 bits per heavy atom. The Morgan fingerprint density at radius 1 is 1.54 bits per heavy atom. The van der Waals surface area contributed by atoms with Crippen LogP contribution >= 0.6 is 0 Å². The van der Waals surface area contributed by atoms with Crippen molar-refractivity contribution in [1.29, 1.82) is 0 Å². The maximum Gasteiger partial charge on any atom is 0.341 e. The highest BCUT2D eigenvalue weighted by Crippen LogP contribution is 2.12. The fourth-order valence-electron chi connectivity index (χ4n) is 1.47. The van der Waals surface area contributed by atoms with Gasteiger partial charge in [-0.15, -0.1) is 0 Å². The average Bonchev–Trinajstić information content (AvgIpc) is 2.18. The number of hydrogen-bond donors (Lipinski definition) is 1. The van der Waals surface area contributed by atoms with E-state index in [1.54, 1.807) is 12.0 Å². The van der Waals surface area contributed by atoms with Crippen molar-refractivity contribution in [2.45, 2.75) is 18.9 Å². The number of amides is 2. The molecule has 5 heteroatoms. The quantitative estimate of drug-likeness (QED) is 0.637. The molecule has 0 aromatic rings. The molecule has 0 aliphatic carbocycles. The molecule has 0 saturated carbocycles. The van der Waals surface area contributed by atoms with Crippen LogP contribution in [0.2, 0.25) is 0 Å². The van der Waals surface area contributed by atoms with Crippen LogP contribution < -0.4 is 5.48 Å². The molecule has 1 fully saturated rings. The van der Waals surface area contributed by atoms with E-state index in [0.29, 0.717) is 6.54 Å². The lowest BCUT2D eigenvalue weighted by Crippen LogP contribution is -2.47. The molecule has 0 aromatic carbocycles. The zero-order chi connectivity index (χ0) is 9.68. The van der Waals surface area contributed by atoms with Gasteiger partial charge in [-0.3, -0.25) is 4.84 Å². The molecule has 0 bridgehead atoms. The van der Waals surface area contributed by atoms with Crippen molar-refractivity contribution in [2.75, 3.05) is 27.3 Å². The Morgan fingerprint density at radius 3 is 2.92 bits per heavy atom. The number of methoxy groups -OCH3 is 1. The van der Waals surface area contributed by atoms with Crippen LogP contribution in [-0.2, 0) is 9.57 Å². The number of carbonyl (C=O) groups is 1. The topological polar surface area (TPSA) is 50.8 Å². The fourth-order valence-corrected chi connectivity index (χ4v) is 1.47. The van der Waals surface area contributed by atoms with E-state index in [-0.39, 0.29) is 12.1 Å². The summed E-state index contributed by atoms with van der Waals surface area (Å²) in [6, 6.07) is -0.191. The number of rotatable bonds is 2. The first-order chi connectivity index (χ1) is 6.27. The first-order valence-electron chi connectivity index (χ1n) is 4.38. The van der Waals surface area contributed by atoms with Gasteiger partial charge in [0.05, 0.1) is 13.2 Å². The van der Waals surface area contributed by atoms with E-state index >= 15 is 0 Å². The largest absolute Gasteiger partial charge is 0.380 e. The molecule has 13 heavy (non-hydrogen) atoms. The van der Waals surface area contributed by atoms with Gasteiger partial charge in [-0.05, 0) is 12.8 Å². The summed E-state index contributed by atoms with van der Waals surface area (Å²) in [6.45, 7) is 1.42. The van der Waals surface area contributed by atoms with E-state index in [1.807, 2.05) is 0 Å². The lowest BCUT2D eigenvalue weighted by molar-refractivity contribution is 0.0290. The third kappa shape index (κ3) is 2.86. The van der Waals surface area contributed by atoms with Gasteiger partial charge in [0.1, 0.15) is 0 Å². The molecule has 1 heterocycles. The zero-order valence-electron chi connectivity index (χ0n) is 8.08. The van der Waals surface area contributed by atoms with Crippen LogP contribution in [0, 0.1) is 0 Å². The molecular formula is C8H16N2O3. The number of nitrogens with zero attached hydrogens (tertiary/aromatic N) is 1. The van der Waals surface area contributed by atoms with E-state index in [4.69, 9.17) is 4.74 Å². The molecule has 1 aliphatic rings. The Kier molecular flexibility index (Phi) is 3.98. The van der Waals surface area contributed by atoms with Crippen molar-refractivity contribution in [3.63, 3.8) is 0 Å². The number of piperidine rings is 1. The molecule has 1 N–H and O–H groups in total. The van der Waals surface area contributed by atoms with Crippen LogP contribution in [0.3, 0.4) is 0 Å². The summed E-state index contributed by atoms with van der Waals surface area (Å²) < 4.78 is 5.19. The molecular weight excluding hydrogens is 172 g/mol. The van der Waals surface area contributed by atoms with Crippen LogP contribution in [0.1, 0.15) is 12.8 Å². The van der Waals surface area contributed by atoms with Crippen LogP contribution in [0.4, 0.5) is 4.79 Å². The van der Waals surface area contributed by atoms with Gasteiger partial charge in [0, 0.05) is 20.2 Å². The Bertz CT molecular complexity index is 175. The number of urea groups is 1. The molecule has 1 rings (SSSR count). The maximum absolute atomic E-state index is 11.3. The van der Waals surface area contributed by atoms with Crippen molar-refractivity contribution in [2.24, 2.45) is 0 Å². The number of nitrogens with one attached hydrogen (secondary N) is 1. The molecule has 76 valence electrons. The molecule has 5 nitrogen and oxygen atoms in total. The maximum atomic E-state index is 11.3. The minimum atomic E-state index is -0.191. The third-order valence-corrected chi connectivity index (χ3v) is 2.19. The summed E-state index contributed by atoms with van der Waals surface area (Å²) in [6.07, 6.45) is 2.17. The fraction of sp³-hybridized carbons (Fsp3) is 0.875. The van der Waals surface area contributed by atoms with Crippen LogP contribution in [0.25, 0.3) is 0 Å². The molecule has 1 atom stereocenters. The van der Waals surface area contributed by atoms with E-state index in [0.717, 1.165) is 19.4 Å². The number of hydrogen-bond acceptors (Lipinski definition) is 3. The highest BCUT2D eigenvalue weighted by atomic mass is 16.6. The first kappa shape index (κ1) is 10.3. The number of likely N-dealkylation sites (tertiary alicyclic amines) is 1. The molecule has 2 amide bonds. The van der Waals surface area contributed by atoms with Gasteiger partial charge in [-0.1, -0.05) is 0 Å². The molecule has 1 unspecified atom stereocenters. The van der Waals surface area contributed by atoms with E-state index < -0.39 is 0 Å². The number of hydroxylamine groups is 1. The van der Waals surface area contributed by atoms with E-state index in [1.165, 1.54) is 7.11 Å². The second-order valence-corrected chi connectivity index (χ2v) is 3.06. The van der Waals surface area contributed by atoms with E-state index in [9.17, 15) is 4.79 Å². The van der Waals surface area contributed by atoms with E-state index in [2.05, 4.69) is 10.3 Å². The van der Waals surface area contributed by atoms with Gasteiger partial charge < -0.3 is 9.64 Å². The van der Waals surface area contributed by atoms with Crippen molar-refractivity contribution in [3.05, 3.63) is 0 Å². The van der Waals surface area contributed by atoms with Gasteiger partial charge >= 0.3 is 6.03 Å². The summed E-state index contributed by atoms with van der Waals surface area (Å²) in [5.74, 6) is 0. The SMILES string of the molecule is CONC(=O)N1CCCC(OC)C1. The monoisotopic (exact) mass is 188 g/mol. The van der Waals surface area contributed by atoms with Gasteiger partial charge in [0.25, 0.3) is 0 Å². The van der Waals surface area contributed by atoms with Gasteiger partial charge in [-0.25, -0.2) is 10.3 Å². The van der Waals surface area contributed by atoms with Crippen molar-refractivity contribution in [1.82, 2.24) is 10.4 Å². The van der Waals surface area contributed by atoms with Crippen molar-refractivity contribution < 1.29 is 14.4 Å². The predicted molar refractivity (Wildman–Crippen MR) is 47.1 cm³/mol. The Balaban J connectivity index is 2.37. The molecule has 1 saturated heterocycles. The molecule has 0 radical (unpaired) electrons. The Labute approximate surface area is 77.9 Å². The second-order valence-electron chi connectivity index (χ2n) is 3.06. The first-order valence-corrected chi connectivity index (χ1v) is 4.38. The van der Waals surface area contributed by atoms with Crippen LogP contribution in [-0.4, -0.2) is 44.3 Å². The third-order valence-electron chi connectivity index (χ3n) is 2.19. The summed E-state index contributed by atoms with van der Waals surface area (Å²) in [5.41, 5.74) is 2.29. The second kappa shape index (κ2) is 5.04. The predicted octanol–water partition coefficient (Wildman–Crippen LogP) is 0.368. The number of carbonyl (C=O) groups excluding carboxylic acids is 1. The molecule has 0 aromatic heterocycles. The summed E-state index contributed by atoms with van der Waals surface area (Å²) in [5, 5.41) is 0. The number of ether oxygens (including phenoxy) is 1. The van der Waals surface area contributed by atoms with Crippen LogP contribution in [0.5, 0.6) is 0 Å². The highest BCUT2D eigenvalue weighted by molar-refractivity contribution is 5.73. The minimum absolute atomic E-state index is 0.163. The van der Waals surface area contributed by atoms with Crippen LogP contribution in [0.15, 0.2) is 0 Å². The summed E-state index contributed by atoms with van der Waals surface area (Å²) in [7, 11) is 3.10. The van der Waals surface area contributed by atoms with Crippen molar-refractivity contribution in [3.8, 4) is 0 Å². The lowest BCUT2D eigenvalue weighted by Gasteiger charge is -2.31. The Hall–Kier alpha value is -0.810.